The highest BCUT2D eigenvalue weighted by Gasteiger charge is 2.31. The maximum Gasteiger partial charge on any atom is 0.294 e. The molecule has 2 aromatic carbocycles. The van der Waals surface area contributed by atoms with Gasteiger partial charge in [0.15, 0.2) is 11.5 Å². The summed E-state index contributed by atoms with van der Waals surface area (Å²) in [4.78, 5) is 29.3. The van der Waals surface area contributed by atoms with Crippen molar-refractivity contribution in [3.05, 3.63) is 64.9 Å². The van der Waals surface area contributed by atoms with Crippen LogP contribution >= 0.6 is 11.6 Å². The Labute approximate surface area is 182 Å². The zero-order chi connectivity index (χ0) is 21.5. The van der Waals surface area contributed by atoms with E-state index in [1.54, 1.807) is 36.4 Å². The third-order valence-electron chi connectivity index (χ3n) is 4.92. The molecule has 30 heavy (non-hydrogen) atoms. The van der Waals surface area contributed by atoms with Crippen molar-refractivity contribution < 1.29 is 14.3 Å². The minimum Gasteiger partial charge on any atom is -0.449 e. The Hall–Kier alpha value is -2.83. The summed E-state index contributed by atoms with van der Waals surface area (Å²) in [6, 6.07) is 14.3. The van der Waals surface area contributed by atoms with Crippen LogP contribution in [-0.2, 0) is 9.59 Å². The maximum atomic E-state index is 13.1. The number of anilines is 1. The maximum absolute atomic E-state index is 13.1. The molecule has 6 nitrogen and oxygen atoms in total. The fraction of sp³-hybridized carbons (Fsp3) is 0.304. The number of rotatable bonds is 8. The normalized spacial score (nSPS) is 14.6. The molecule has 1 heterocycles. The van der Waals surface area contributed by atoms with E-state index in [9.17, 15) is 9.59 Å². The summed E-state index contributed by atoms with van der Waals surface area (Å²) in [7, 11) is 0. The smallest absolute Gasteiger partial charge is 0.294 e. The number of hydrogen-bond acceptors (Lipinski definition) is 4. The van der Waals surface area contributed by atoms with E-state index in [0.29, 0.717) is 23.0 Å². The van der Waals surface area contributed by atoms with Gasteiger partial charge in [0, 0.05) is 18.1 Å². The quantitative estimate of drug-likeness (QED) is 0.654. The van der Waals surface area contributed by atoms with Gasteiger partial charge in [0.2, 0.25) is 5.91 Å². The highest BCUT2D eigenvalue weighted by Crippen LogP contribution is 2.35. The number of amides is 2. The van der Waals surface area contributed by atoms with Gasteiger partial charge < -0.3 is 15.0 Å². The van der Waals surface area contributed by atoms with Gasteiger partial charge in [-0.3, -0.25) is 14.5 Å². The first kappa shape index (κ1) is 21.9. The summed E-state index contributed by atoms with van der Waals surface area (Å²) >= 11 is 6.05. The van der Waals surface area contributed by atoms with Crippen LogP contribution in [0.1, 0.15) is 19.4 Å². The van der Waals surface area contributed by atoms with Crippen molar-refractivity contribution >= 4 is 35.2 Å². The number of likely N-dealkylation sites (N-methyl/N-ethyl adjacent to an activating group) is 1. The highest BCUT2D eigenvalue weighted by molar-refractivity contribution is 6.30. The Bertz CT molecular complexity index is 941. The molecule has 1 aliphatic heterocycles. The lowest BCUT2D eigenvalue weighted by molar-refractivity contribution is -0.123. The fourth-order valence-corrected chi connectivity index (χ4v) is 3.46. The molecule has 0 radical (unpaired) electrons. The van der Waals surface area contributed by atoms with Crippen molar-refractivity contribution in [1.82, 2.24) is 10.2 Å². The topological polar surface area (TPSA) is 61.9 Å². The Morgan fingerprint density at radius 1 is 1.17 bits per heavy atom. The molecule has 0 aromatic heterocycles. The van der Waals surface area contributed by atoms with Crippen molar-refractivity contribution in [3.63, 3.8) is 0 Å². The second-order valence-electron chi connectivity index (χ2n) is 6.90. The van der Waals surface area contributed by atoms with E-state index in [0.717, 1.165) is 25.2 Å². The molecular formula is C23H26ClN3O3. The van der Waals surface area contributed by atoms with Crippen LogP contribution in [0.3, 0.4) is 0 Å². The zero-order valence-corrected chi connectivity index (χ0v) is 18.0. The lowest BCUT2D eigenvalue weighted by Crippen LogP contribution is -2.45. The first-order chi connectivity index (χ1) is 14.5. The summed E-state index contributed by atoms with van der Waals surface area (Å²) in [5.41, 5.74) is 1.32. The molecule has 2 aromatic rings. The molecule has 7 heteroatoms. The predicted octanol–water partition coefficient (Wildman–Crippen LogP) is 3.56. The van der Waals surface area contributed by atoms with Crippen LogP contribution < -0.4 is 15.0 Å². The van der Waals surface area contributed by atoms with Crippen LogP contribution in [0.4, 0.5) is 5.69 Å². The van der Waals surface area contributed by atoms with E-state index in [1.165, 1.54) is 4.90 Å². The first-order valence-electron chi connectivity index (χ1n) is 10.1. The molecule has 0 aliphatic carbocycles. The zero-order valence-electron chi connectivity index (χ0n) is 17.2. The molecule has 0 saturated heterocycles. The lowest BCUT2D eigenvalue weighted by atomic mass is 10.1. The number of carbonyl (C=O) groups excluding carboxylic acids is 2. The van der Waals surface area contributed by atoms with Gasteiger partial charge in [0.05, 0.1) is 5.69 Å². The number of para-hydroxylation sites is 2. The molecule has 0 unspecified atom stereocenters. The number of hydrogen-bond donors (Lipinski definition) is 1. The molecular weight excluding hydrogens is 402 g/mol. The number of carbonyl (C=O) groups is 2. The number of nitrogens with one attached hydrogen (secondary N) is 1. The average molecular weight is 428 g/mol. The van der Waals surface area contributed by atoms with Crippen molar-refractivity contribution in [3.8, 4) is 5.75 Å². The molecule has 0 fully saturated rings. The third-order valence-corrected chi connectivity index (χ3v) is 5.16. The van der Waals surface area contributed by atoms with Crippen LogP contribution in [0, 0.1) is 0 Å². The SMILES string of the molecule is CCN(CC)CCNC(=O)CN1C(=O)/C(=C\c2cccc(Cl)c2)Oc2ccccc21. The Kier molecular flexibility index (Phi) is 7.49. The summed E-state index contributed by atoms with van der Waals surface area (Å²) in [6.45, 7) is 7.26. The van der Waals surface area contributed by atoms with Crippen LogP contribution in [0.5, 0.6) is 5.75 Å². The van der Waals surface area contributed by atoms with Gasteiger partial charge in [-0.1, -0.05) is 49.7 Å². The minimum absolute atomic E-state index is 0.0790. The molecule has 0 saturated carbocycles. The Morgan fingerprint density at radius 2 is 1.93 bits per heavy atom. The van der Waals surface area contributed by atoms with Gasteiger partial charge in [0.1, 0.15) is 6.54 Å². The molecule has 0 bridgehead atoms. The largest absolute Gasteiger partial charge is 0.449 e. The second-order valence-corrected chi connectivity index (χ2v) is 7.34. The molecule has 158 valence electrons. The van der Waals surface area contributed by atoms with E-state index >= 15 is 0 Å². The average Bonchev–Trinajstić information content (AvgIpc) is 2.74. The lowest BCUT2D eigenvalue weighted by Gasteiger charge is -2.30. The van der Waals surface area contributed by atoms with Crippen molar-refractivity contribution in [2.45, 2.75) is 13.8 Å². The van der Waals surface area contributed by atoms with E-state index in [2.05, 4.69) is 24.1 Å². The van der Waals surface area contributed by atoms with Crippen LogP contribution in [-0.4, -0.2) is 49.4 Å². The summed E-state index contributed by atoms with van der Waals surface area (Å²) in [5.74, 6) is 0.0927. The van der Waals surface area contributed by atoms with Gasteiger partial charge in [0.25, 0.3) is 5.91 Å². The first-order valence-corrected chi connectivity index (χ1v) is 10.4. The van der Waals surface area contributed by atoms with Gasteiger partial charge in [-0.05, 0) is 49.0 Å². The van der Waals surface area contributed by atoms with Gasteiger partial charge in [-0.2, -0.15) is 0 Å². The summed E-state index contributed by atoms with van der Waals surface area (Å²) in [5, 5.41) is 3.47. The summed E-state index contributed by atoms with van der Waals surface area (Å²) in [6.07, 6.45) is 1.63. The van der Waals surface area contributed by atoms with Gasteiger partial charge in [-0.15, -0.1) is 0 Å². The molecule has 1 N–H and O–H groups in total. The van der Waals surface area contributed by atoms with Gasteiger partial charge in [-0.25, -0.2) is 0 Å². The van der Waals surface area contributed by atoms with Crippen LogP contribution in [0.25, 0.3) is 6.08 Å². The monoisotopic (exact) mass is 427 g/mol. The van der Waals surface area contributed by atoms with E-state index < -0.39 is 0 Å². The standard InChI is InChI=1S/C23H26ClN3O3/c1-3-26(4-2)13-12-25-22(28)16-27-19-10-5-6-11-20(19)30-21(23(27)29)15-17-8-7-9-18(24)14-17/h5-11,14-15H,3-4,12-13,16H2,1-2H3,(H,25,28)/b21-15+. The number of benzene rings is 2. The number of ether oxygens (including phenoxy) is 1. The minimum atomic E-state index is -0.368. The summed E-state index contributed by atoms with van der Waals surface area (Å²) < 4.78 is 5.83. The van der Waals surface area contributed by atoms with Crippen LogP contribution in [0.15, 0.2) is 54.3 Å². The van der Waals surface area contributed by atoms with Gasteiger partial charge >= 0.3 is 0 Å². The molecule has 0 atom stereocenters. The van der Waals surface area contributed by atoms with E-state index in [1.807, 2.05) is 18.2 Å². The predicted molar refractivity (Wildman–Crippen MR) is 120 cm³/mol. The third kappa shape index (κ3) is 5.40. The Balaban J connectivity index is 1.77. The molecule has 3 rings (SSSR count). The van der Waals surface area contributed by atoms with E-state index in [-0.39, 0.29) is 24.1 Å². The second kappa shape index (κ2) is 10.3. The van der Waals surface area contributed by atoms with Crippen molar-refractivity contribution in [2.75, 3.05) is 37.6 Å². The number of halogens is 1. The molecule has 0 spiro atoms. The number of fused-ring (bicyclic) bond motifs is 1. The van der Waals surface area contributed by atoms with Crippen molar-refractivity contribution in [2.24, 2.45) is 0 Å². The highest BCUT2D eigenvalue weighted by atomic mass is 35.5. The molecule has 1 aliphatic rings. The fourth-order valence-electron chi connectivity index (χ4n) is 3.26. The number of nitrogens with zero attached hydrogens (tertiary/aromatic N) is 2. The molecule has 2 amide bonds. The van der Waals surface area contributed by atoms with Crippen molar-refractivity contribution in [1.29, 1.82) is 0 Å². The van der Waals surface area contributed by atoms with Crippen LogP contribution in [0.2, 0.25) is 5.02 Å². The Morgan fingerprint density at radius 3 is 2.67 bits per heavy atom. The van der Waals surface area contributed by atoms with E-state index in [4.69, 9.17) is 16.3 Å².